The molecule has 0 aliphatic carbocycles. The molecule has 0 fully saturated rings. The molecule has 0 aliphatic heterocycles. The number of fused-ring (bicyclic) bond motifs is 1. The zero-order chi connectivity index (χ0) is 23.4. The predicted octanol–water partition coefficient (Wildman–Crippen LogP) is 6.45. The maximum atomic E-state index is 13.4. The number of methoxy groups -OCH3 is 1. The Bertz CT molecular complexity index is 1350. The molecule has 0 unspecified atom stereocenters. The molecule has 6 nitrogen and oxygen atoms in total. The fourth-order valence-electron chi connectivity index (χ4n) is 3.08. The average Bonchev–Trinajstić information content (AvgIpc) is 3.21. The first-order valence-electron chi connectivity index (χ1n) is 9.70. The van der Waals surface area contributed by atoms with Crippen LogP contribution in [0.1, 0.15) is 21.7 Å². The van der Waals surface area contributed by atoms with Crippen LogP contribution in [0.25, 0.3) is 11.0 Å². The lowest BCUT2D eigenvalue weighted by Crippen LogP contribution is -2.16. The van der Waals surface area contributed by atoms with Crippen LogP contribution in [0.15, 0.2) is 79.1 Å². The number of hydrogen-bond acceptors (Lipinski definition) is 5. The molecule has 1 amide bonds. The number of carbonyl (C=O) groups is 1. The first-order valence-corrected chi connectivity index (χ1v) is 11.3. The second-order valence-corrected chi connectivity index (χ2v) is 8.71. The fourth-order valence-corrected chi connectivity index (χ4v) is 4.04. The van der Waals surface area contributed by atoms with Crippen LogP contribution in [0.4, 0.5) is 4.39 Å². The van der Waals surface area contributed by atoms with E-state index in [4.69, 9.17) is 13.9 Å². The Kier molecular flexibility index (Phi) is 7.10. The zero-order valence-electron chi connectivity index (χ0n) is 17.3. The third-order valence-electron chi connectivity index (χ3n) is 4.61. The van der Waals surface area contributed by atoms with Crippen LogP contribution in [-0.2, 0) is 6.61 Å². The smallest absolute Gasteiger partial charge is 0.307 e. The summed E-state index contributed by atoms with van der Waals surface area (Å²) in [6, 6.07) is 16.8. The van der Waals surface area contributed by atoms with E-state index in [2.05, 4.69) is 42.4 Å². The van der Waals surface area contributed by atoms with Crippen molar-refractivity contribution in [2.24, 2.45) is 5.10 Å². The predicted molar refractivity (Wildman–Crippen MR) is 130 cm³/mol. The SMILES string of the molecule is COc1cc(/C=N/NC(=O)c2cc3cc(Br)ccc3o2)cc(Br)c1OCc1cccc(F)c1. The Hall–Kier alpha value is -3.17. The fraction of sp³-hybridized carbons (Fsp3) is 0.0833. The van der Waals surface area contributed by atoms with Crippen molar-refractivity contribution in [2.45, 2.75) is 6.61 Å². The lowest BCUT2D eigenvalue weighted by Gasteiger charge is -2.13. The summed E-state index contributed by atoms with van der Waals surface area (Å²) in [7, 11) is 1.51. The molecule has 1 N–H and O–H groups in total. The van der Waals surface area contributed by atoms with E-state index in [-0.39, 0.29) is 18.2 Å². The number of halogens is 3. The Morgan fingerprint density at radius 1 is 1.15 bits per heavy atom. The van der Waals surface area contributed by atoms with E-state index < -0.39 is 5.91 Å². The Balaban J connectivity index is 1.44. The van der Waals surface area contributed by atoms with Crippen LogP contribution in [0.5, 0.6) is 11.5 Å². The van der Waals surface area contributed by atoms with Gasteiger partial charge in [0.2, 0.25) is 0 Å². The summed E-state index contributed by atoms with van der Waals surface area (Å²) in [5.74, 6) is 0.277. The first kappa shape index (κ1) is 23.0. The molecule has 168 valence electrons. The number of rotatable bonds is 7. The molecule has 0 spiro atoms. The molecule has 0 saturated carbocycles. The van der Waals surface area contributed by atoms with E-state index in [9.17, 15) is 9.18 Å². The monoisotopic (exact) mass is 574 g/mol. The summed E-state index contributed by atoms with van der Waals surface area (Å²) in [5.41, 5.74) is 4.40. The van der Waals surface area contributed by atoms with E-state index in [1.807, 2.05) is 12.1 Å². The average molecular weight is 576 g/mol. The molecule has 4 aromatic rings. The number of benzene rings is 3. The van der Waals surface area contributed by atoms with Gasteiger partial charge in [-0.2, -0.15) is 5.10 Å². The van der Waals surface area contributed by atoms with E-state index in [0.29, 0.717) is 32.7 Å². The van der Waals surface area contributed by atoms with E-state index in [1.165, 1.54) is 25.5 Å². The molecule has 0 saturated heterocycles. The Labute approximate surface area is 205 Å². The van der Waals surface area contributed by atoms with Crippen LogP contribution in [0.3, 0.4) is 0 Å². The van der Waals surface area contributed by atoms with Crippen molar-refractivity contribution < 1.29 is 23.1 Å². The molecule has 33 heavy (non-hydrogen) atoms. The first-order chi connectivity index (χ1) is 15.9. The van der Waals surface area contributed by atoms with Crippen LogP contribution < -0.4 is 14.9 Å². The molecule has 3 aromatic carbocycles. The highest BCUT2D eigenvalue weighted by Crippen LogP contribution is 2.37. The minimum atomic E-state index is -0.473. The van der Waals surface area contributed by atoms with Gasteiger partial charge in [0, 0.05) is 9.86 Å². The number of carbonyl (C=O) groups excluding carboxylic acids is 1. The second kappa shape index (κ2) is 10.2. The van der Waals surface area contributed by atoms with Gasteiger partial charge in [-0.3, -0.25) is 4.79 Å². The minimum Gasteiger partial charge on any atom is -0.493 e. The summed E-state index contributed by atoms with van der Waals surface area (Å²) in [5, 5.41) is 4.81. The highest BCUT2D eigenvalue weighted by molar-refractivity contribution is 9.10. The lowest BCUT2D eigenvalue weighted by atomic mass is 10.2. The lowest BCUT2D eigenvalue weighted by molar-refractivity contribution is 0.0929. The van der Waals surface area contributed by atoms with Gasteiger partial charge in [0.05, 0.1) is 17.8 Å². The van der Waals surface area contributed by atoms with Crippen molar-refractivity contribution in [1.29, 1.82) is 0 Å². The van der Waals surface area contributed by atoms with Crippen LogP contribution in [-0.4, -0.2) is 19.2 Å². The summed E-state index contributed by atoms with van der Waals surface area (Å²) in [6.45, 7) is 0.171. The number of hydrogen-bond donors (Lipinski definition) is 1. The van der Waals surface area contributed by atoms with Gasteiger partial charge in [-0.25, -0.2) is 9.82 Å². The van der Waals surface area contributed by atoms with Crippen LogP contribution >= 0.6 is 31.9 Å². The molecule has 0 atom stereocenters. The largest absolute Gasteiger partial charge is 0.493 e. The van der Waals surface area contributed by atoms with E-state index in [0.717, 1.165) is 9.86 Å². The van der Waals surface area contributed by atoms with E-state index in [1.54, 1.807) is 36.4 Å². The van der Waals surface area contributed by atoms with Crippen LogP contribution in [0, 0.1) is 5.82 Å². The number of nitrogens with one attached hydrogen (secondary N) is 1. The van der Waals surface area contributed by atoms with Crippen molar-refractivity contribution in [2.75, 3.05) is 7.11 Å². The Morgan fingerprint density at radius 3 is 2.79 bits per heavy atom. The van der Waals surface area contributed by atoms with Gasteiger partial charge in [-0.15, -0.1) is 0 Å². The van der Waals surface area contributed by atoms with Crippen molar-refractivity contribution in [3.8, 4) is 11.5 Å². The molecule has 0 aliphatic rings. The van der Waals surface area contributed by atoms with Gasteiger partial charge in [-0.1, -0.05) is 28.1 Å². The third kappa shape index (κ3) is 5.61. The normalized spacial score (nSPS) is 11.2. The van der Waals surface area contributed by atoms with Gasteiger partial charge in [-0.05, 0) is 75.6 Å². The standard InChI is InChI=1S/C24H17Br2FN2O4/c1-31-21-9-15(8-19(26)23(21)32-13-14-3-2-4-18(27)7-14)12-28-29-24(30)22-11-16-10-17(25)5-6-20(16)33-22/h2-12H,13H2,1H3,(H,29,30)/b28-12+. The number of amides is 1. The molecule has 0 bridgehead atoms. The quantitative estimate of drug-likeness (QED) is 0.203. The summed E-state index contributed by atoms with van der Waals surface area (Å²) in [6.07, 6.45) is 1.47. The van der Waals surface area contributed by atoms with Crippen molar-refractivity contribution >= 4 is 55.0 Å². The molecular formula is C24H17Br2FN2O4. The Morgan fingerprint density at radius 2 is 2.00 bits per heavy atom. The van der Waals surface area contributed by atoms with Crippen molar-refractivity contribution in [1.82, 2.24) is 5.43 Å². The zero-order valence-corrected chi connectivity index (χ0v) is 20.4. The highest BCUT2D eigenvalue weighted by Gasteiger charge is 2.13. The number of furan rings is 1. The summed E-state index contributed by atoms with van der Waals surface area (Å²) >= 11 is 6.85. The van der Waals surface area contributed by atoms with Gasteiger partial charge in [0.25, 0.3) is 0 Å². The van der Waals surface area contributed by atoms with Gasteiger partial charge in [0.15, 0.2) is 17.3 Å². The highest BCUT2D eigenvalue weighted by atomic mass is 79.9. The number of ether oxygens (including phenoxy) is 2. The molecule has 4 rings (SSSR count). The van der Waals surface area contributed by atoms with Crippen molar-refractivity contribution in [3.05, 3.63) is 92.3 Å². The molecule has 9 heteroatoms. The molecule has 1 heterocycles. The molecular weight excluding hydrogens is 559 g/mol. The van der Waals surface area contributed by atoms with Crippen molar-refractivity contribution in [3.63, 3.8) is 0 Å². The maximum Gasteiger partial charge on any atom is 0.307 e. The number of nitrogens with zero attached hydrogens (tertiary/aromatic N) is 1. The van der Waals surface area contributed by atoms with Gasteiger partial charge in [0.1, 0.15) is 18.0 Å². The minimum absolute atomic E-state index is 0.153. The number of hydrazone groups is 1. The molecule has 0 radical (unpaired) electrons. The van der Waals surface area contributed by atoms with Crippen LogP contribution in [0.2, 0.25) is 0 Å². The summed E-state index contributed by atoms with van der Waals surface area (Å²) < 4.78 is 31.7. The maximum absolute atomic E-state index is 13.4. The molecule has 1 aromatic heterocycles. The second-order valence-electron chi connectivity index (χ2n) is 6.94. The third-order valence-corrected chi connectivity index (χ3v) is 5.69. The summed E-state index contributed by atoms with van der Waals surface area (Å²) in [4.78, 5) is 12.4. The van der Waals surface area contributed by atoms with Gasteiger partial charge >= 0.3 is 5.91 Å². The topological polar surface area (TPSA) is 73.1 Å². The van der Waals surface area contributed by atoms with E-state index >= 15 is 0 Å². The van der Waals surface area contributed by atoms with Gasteiger partial charge < -0.3 is 13.9 Å².